The second-order valence-electron chi connectivity index (χ2n) is 7.28. The van der Waals surface area contributed by atoms with E-state index in [0.29, 0.717) is 0 Å². The van der Waals surface area contributed by atoms with Gasteiger partial charge in [0.2, 0.25) is 5.75 Å². The number of esters is 1. The van der Waals surface area contributed by atoms with Crippen molar-refractivity contribution in [1.82, 2.24) is 0 Å². The number of aromatic hydroxyl groups is 1. The van der Waals surface area contributed by atoms with E-state index in [0.717, 1.165) is 0 Å². The molecule has 1 saturated heterocycles. The van der Waals surface area contributed by atoms with E-state index in [1.165, 1.54) is 40.2 Å². The molecule has 0 bridgehead atoms. The van der Waals surface area contributed by atoms with E-state index in [9.17, 15) is 30.0 Å². The van der Waals surface area contributed by atoms with Crippen LogP contribution in [0.1, 0.15) is 24.2 Å². The number of carbonyl (C=O) groups is 2. The number of phenols is 1. The molecular weight excluding hydrogens is 420 g/mol. The molecule has 0 aromatic heterocycles. The zero-order valence-corrected chi connectivity index (χ0v) is 17.3. The molecule has 0 spiro atoms. The van der Waals surface area contributed by atoms with Crippen LogP contribution in [0.5, 0.6) is 17.2 Å². The highest BCUT2D eigenvalue weighted by Crippen LogP contribution is 2.37. The van der Waals surface area contributed by atoms with Crippen molar-refractivity contribution in [3.05, 3.63) is 17.7 Å². The smallest absolute Gasteiger partial charge is 0.338 e. The Hall–Kier alpha value is -2.64. The first-order valence-corrected chi connectivity index (χ1v) is 9.16. The lowest BCUT2D eigenvalue weighted by molar-refractivity contribution is -0.320. The number of carboxylic acids is 1. The van der Waals surface area contributed by atoms with E-state index in [4.69, 9.17) is 28.8 Å². The first kappa shape index (κ1) is 24.6. The van der Waals surface area contributed by atoms with Crippen molar-refractivity contribution < 1.29 is 58.8 Å². The molecule has 0 aliphatic carbocycles. The van der Waals surface area contributed by atoms with Crippen molar-refractivity contribution >= 4 is 11.9 Å². The Kier molecular flexibility index (Phi) is 7.68. The molecule has 1 aliphatic rings. The van der Waals surface area contributed by atoms with Crippen LogP contribution in [0.2, 0.25) is 0 Å². The predicted octanol–water partition coefficient (Wildman–Crippen LogP) is -0.746. The average molecular weight is 446 g/mol. The second kappa shape index (κ2) is 9.66. The Labute approximate surface area is 177 Å². The quantitative estimate of drug-likeness (QED) is 0.316. The van der Waals surface area contributed by atoms with Gasteiger partial charge in [-0.15, -0.1) is 0 Å². The van der Waals surface area contributed by atoms with Crippen molar-refractivity contribution in [2.24, 2.45) is 0 Å². The van der Waals surface area contributed by atoms with Gasteiger partial charge in [0, 0.05) is 0 Å². The number of carbonyl (C=O) groups excluding carboxylic acids is 1. The molecule has 5 atom stereocenters. The maximum absolute atomic E-state index is 12.4. The lowest BCUT2D eigenvalue weighted by Gasteiger charge is -2.41. The van der Waals surface area contributed by atoms with Crippen LogP contribution in [-0.4, -0.2) is 94.6 Å². The summed E-state index contributed by atoms with van der Waals surface area (Å²) in [5.41, 5.74) is -1.81. The molecule has 12 nitrogen and oxygen atoms in total. The van der Waals surface area contributed by atoms with E-state index in [2.05, 4.69) is 0 Å². The van der Waals surface area contributed by atoms with Crippen LogP contribution < -0.4 is 9.47 Å². The highest BCUT2D eigenvalue weighted by Gasteiger charge is 2.47. The molecule has 5 N–H and O–H groups in total. The van der Waals surface area contributed by atoms with Gasteiger partial charge >= 0.3 is 11.9 Å². The van der Waals surface area contributed by atoms with Crippen LogP contribution in [0.15, 0.2) is 12.1 Å². The normalized spacial score (nSPS) is 26.2. The van der Waals surface area contributed by atoms with Crippen molar-refractivity contribution in [1.29, 1.82) is 0 Å². The molecule has 174 valence electrons. The molecule has 1 heterocycles. The molecule has 31 heavy (non-hydrogen) atoms. The number of aliphatic hydroxyl groups excluding tert-OH is 3. The number of methoxy groups -OCH3 is 2. The fraction of sp³-hybridized carbons (Fsp3) is 0.579. The maximum atomic E-state index is 12.4. The largest absolute Gasteiger partial charge is 0.502 e. The third-order valence-electron chi connectivity index (χ3n) is 4.69. The summed E-state index contributed by atoms with van der Waals surface area (Å²) in [5.74, 6) is -2.63. The number of benzene rings is 1. The maximum Gasteiger partial charge on any atom is 0.338 e. The molecule has 1 fully saturated rings. The van der Waals surface area contributed by atoms with Crippen molar-refractivity contribution in [3.63, 3.8) is 0 Å². The van der Waals surface area contributed by atoms with Crippen LogP contribution in [0.3, 0.4) is 0 Å². The van der Waals surface area contributed by atoms with E-state index < -0.39 is 54.9 Å². The summed E-state index contributed by atoms with van der Waals surface area (Å²) in [6.07, 6.45) is -8.09. The fourth-order valence-corrected chi connectivity index (χ4v) is 2.74. The van der Waals surface area contributed by atoms with Crippen LogP contribution >= 0.6 is 0 Å². The number of rotatable bonds is 8. The Morgan fingerprint density at radius 1 is 1.03 bits per heavy atom. The number of ether oxygens (including phenoxy) is 5. The predicted molar refractivity (Wildman–Crippen MR) is 101 cm³/mol. The van der Waals surface area contributed by atoms with Gasteiger partial charge in [0.1, 0.15) is 31.0 Å². The summed E-state index contributed by atoms with van der Waals surface area (Å²) in [5, 5.41) is 49.3. The van der Waals surface area contributed by atoms with E-state index in [1.54, 1.807) is 0 Å². The van der Waals surface area contributed by atoms with Gasteiger partial charge in [-0.05, 0) is 26.0 Å². The topological polar surface area (TPSA) is 181 Å². The Balaban J connectivity index is 2.12. The second-order valence-corrected chi connectivity index (χ2v) is 7.28. The summed E-state index contributed by atoms with van der Waals surface area (Å²) in [6.45, 7) is 1.86. The van der Waals surface area contributed by atoms with Crippen molar-refractivity contribution in [2.75, 3.05) is 20.8 Å². The molecule has 0 radical (unpaired) electrons. The van der Waals surface area contributed by atoms with Gasteiger partial charge in [0.15, 0.2) is 23.4 Å². The summed E-state index contributed by atoms with van der Waals surface area (Å²) < 4.78 is 25.6. The number of aliphatic hydroxyl groups is 3. The molecule has 2 rings (SSSR count). The lowest BCUT2D eigenvalue weighted by atomic mass is 9.99. The summed E-state index contributed by atoms with van der Waals surface area (Å²) in [7, 11) is 2.56. The van der Waals surface area contributed by atoms with E-state index >= 15 is 0 Å². The Morgan fingerprint density at radius 3 is 2.06 bits per heavy atom. The standard InChI is InChI=1S/C19H26O12/c1-19(2,18(25)26)31-17-15(23)14(22)13(21)11(30-17)7-29-16(24)8-5-9(27-3)12(20)10(6-8)28-4/h5-6,11,13-15,17,20-23H,7H2,1-4H3,(H,25,26)/t11-,13-,14+,15-,17+/m1/s1. The van der Waals surface area contributed by atoms with Crippen LogP contribution in [0, 0.1) is 0 Å². The third-order valence-corrected chi connectivity index (χ3v) is 4.69. The molecule has 1 aliphatic heterocycles. The monoisotopic (exact) mass is 446 g/mol. The van der Waals surface area contributed by atoms with Crippen molar-refractivity contribution in [3.8, 4) is 17.2 Å². The van der Waals surface area contributed by atoms with Gasteiger partial charge in [-0.25, -0.2) is 9.59 Å². The van der Waals surface area contributed by atoms with Crippen LogP contribution in [-0.2, 0) is 19.0 Å². The third kappa shape index (κ3) is 5.35. The summed E-state index contributed by atoms with van der Waals surface area (Å²) in [4.78, 5) is 23.7. The molecule has 1 aromatic carbocycles. The average Bonchev–Trinajstić information content (AvgIpc) is 2.72. The van der Waals surface area contributed by atoms with E-state index in [1.807, 2.05) is 0 Å². The van der Waals surface area contributed by atoms with Gasteiger partial charge in [0.25, 0.3) is 0 Å². The van der Waals surface area contributed by atoms with Gasteiger partial charge in [-0.3, -0.25) is 0 Å². The first-order chi connectivity index (χ1) is 14.4. The van der Waals surface area contributed by atoms with Gasteiger partial charge < -0.3 is 49.2 Å². The number of phenolic OH excluding ortho intramolecular Hbond substituents is 1. The Morgan fingerprint density at radius 2 is 1.58 bits per heavy atom. The number of aliphatic carboxylic acids is 1. The molecule has 0 amide bonds. The van der Waals surface area contributed by atoms with Crippen LogP contribution in [0.4, 0.5) is 0 Å². The minimum absolute atomic E-state index is 0.0387. The van der Waals surface area contributed by atoms with Crippen molar-refractivity contribution in [2.45, 2.75) is 50.2 Å². The highest BCUT2D eigenvalue weighted by molar-refractivity contribution is 5.91. The molecule has 1 aromatic rings. The summed E-state index contributed by atoms with van der Waals surface area (Å²) >= 11 is 0. The Bertz CT molecular complexity index is 782. The molecular formula is C19H26O12. The minimum atomic E-state index is -1.77. The summed E-state index contributed by atoms with van der Waals surface area (Å²) in [6, 6.07) is 2.41. The zero-order valence-electron chi connectivity index (χ0n) is 17.3. The molecule has 0 unspecified atom stereocenters. The van der Waals surface area contributed by atoms with Crippen LogP contribution in [0.25, 0.3) is 0 Å². The number of hydrogen-bond donors (Lipinski definition) is 5. The SMILES string of the molecule is COc1cc(C(=O)OC[C@H]2O[C@@H](OC(C)(C)C(=O)O)[C@H](O)[C@@H](O)[C@@H]2O)cc(OC)c1O. The molecule has 12 heteroatoms. The van der Waals surface area contributed by atoms with Gasteiger partial charge in [-0.2, -0.15) is 0 Å². The fourth-order valence-electron chi connectivity index (χ4n) is 2.74. The first-order valence-electron chi connectivity index (χ1n) is 9.16. The number of hydrogen-bond acceptors (Lipinski definition) is 11. The zero-order chi connectivity index (χ0) is 23.5. The molecule has 0 saturated carbocycles. The lowest BCUT2D eigenvalue weighted by Crippen LogP contribution is -2.61. The van der Waals surface area contributed by atoms with Gasteiger partial charge in [-0.1, -0.05) is 0 Å². The van der Waals surface area contributed by atoms with E-state index in [-0.39, 0.29) is 22.8 Å². The highest BCUT2D eigenvalue weighted by atomic mass is 16.7. The number of carboxylic acid groups (broad SMARTS) is 1. The minimum Gasteiger partial charge on any atom is -0.502 e. The van der Waals surface area contributed by atoms with Gasteiger partial charge in [0.05, 0.1) is 19.8 Å².